The smallest absolute Gasteiger partial charge is 0.268 e. The second-order valence-corrected chi connectivity index (χ2v) is 6.21. The molecule has 0 aromatic heterocycles. The summed E-state index contributed by atoms with van der Waals surface area (Å²) in [7, 11) is 0. The van der Waals surface area contributed by atoms with Crippen LogP contribution >= 0.6 is 0 Å². The quantitative estimate of drug-likeness (QED) is 0.771. The summed E-state index contributed by atoms with van der Waals surface area (Å²) in [6.07, 6.45) is 0. The lowest BCUT2D eigenvalue weighted by atomic mass is 9.88. The number of ether oxygens (including phenoxy) is 1. The van der Waals surface area contributed by atoms with Gasteiger partial charge in [0.2, 0.25) is 0 Å². The standard InChI is InChI=1S/C22H19NO3/c24-21-22(25,17-9-3-1-4-10-17)19-13-7-8-14-20(19)23(21)15-16-26-18-11-5-2-6-12-18/h1-14,25H,15-16H2. The molecule has 4 rings (SSSR count). The third kappa shape index (κ3) is 2.65. The molecule has 1 aliphatic heterocycles. The number of carbonyl (C=O) groups excluding carboxylic acids is 1. The lowest BCUT2D eigenvalue weighted by molar-refractivity contribution is -0.132. The van der Waals surface area contributed by atoms with Crippen LogP contribution in [0.3, 0.4) is 0 Å². The summed E-state index contributed by atoms with van der Waals surface area (Å²) in [6, 6.07) is 25.9. The van der Waals surface area contributed by atoms with Crippen LogP contribution in [0.4, 0.5) is 5.69 Å². The van der Waals surface area contributed by atoms with Crippen molar-refractivity contribution in [1.29, 1.82) is 0 Å². The molecule has 26 heavy (non-hydrogen) atoms. The second kappa shape index (κ2) is 6.65. The third-order valence-corrected chi connectivity index (χ3v) is 4.66. The highest BCUT2D eigenvalue weighted by atomic mass is 16.5. The summed E-state index contributed by atoms with van der Waals surface area (Å²) in [6.45, 7) is 0.703. The molecule has 1 heterocycles. The zero-order chi connectivity index (χ0) is 18.0. The summed E-state index contributed by atoms with van der Waals surface area (Å²) >= 11 is 0. The van der Waals surface area contributed by atoms with Gasteiger partial charge in [-0.3, -0.25) is 4.79 Å². The Balaban J connectivity index is 1.62. The van der Waals surface area contributed by atoms with E-state index in [0.717, 1.165) is 11.4 Å². The highest BCUT2D eigenvalue weighted by Crippen LogP contribution is 2.44. The summed E-state index contributed by atoms with van der Waals surface area (Å²) in [4.78, 5) is 14.7. The van der Waals surface area contributed by atoms with Gasteiger partial charge in [0.1, 0.15) is 12.4 Å². The van der Waals surface area contributed by atoms with Gasteiger partial charge in [0.05, 0.1) is 12.2 Å². The van der Waals surface area contributed by atoms with Crippen molar-refractivity contribution in [3.05, 3.63) is 96.1 Å². The van der Waals surface area contributed by atoms with Crippen molar-refractivity contribution in [3.63, 3.8) is 0 Å². The lowest BCUT2D eigenvalue weighted by Crippen LogP contribution is -2.42. The Morgan fingerprint density at radius 1 is 0.846 bits per heavy atom. The fraction of sp³-hybridized carbons (Fsp3) is 0.136. The molecule has 3 aromatic carbocycles. The second-order valence-electron chi connectivity index (χ2n) is 6.21. The van der Waals surface area contributed by atoms with Crippen molar-refractivity contribution in [3.8, 4) is 5.75 Å². The molecule has 0 fully saturated rings. The number of fused-ring (bicyclic) bond motifs is 1. The zero-order valence-corrected chi connectivity index (χ0v) is 14.2. The molecule has 0 saturated heterocycles. The average Bonchev–Trinajstić information content (AvgIpc) is 2.92. The van der Waals surface area contributed by atoms with Crippen LogP contribution in [-0.4, -0.2) is 24.2 Å². The van der Waals surface area contributed by atoms with Crippen molar-refractivity contribution < 1.29 is 14.6 Å². The van der Waals surface area contributed by atoms with Crippen LogP contribution in [0.15, 0.2) is 84.9 Å². The van der Waals surface area contributed by atoms with E-state index >= 15 is 0 Å². The minimum atomic E-state index is -1.66. The van der Waals surface area contributed by atoms with E-state index in [1.54, 1.807) is 23.1 Å². The number of rotatable bonds is 5. The third-order valence-electron chi connectivity index (χ3n) is 4.66. The molecule has 1 N–H and O–H groups in total. The predicted molar refractivity (Wildman–Crippen MR) is 100 cm³/mol. The summed E-state index contributed by atoms with van der Waals surface area (Å²) in [5.74, 6) is 0.410. The van der Waals surface area contributed by atoms with Crippen LogP contribution in [0.1, 0.15) is 11.1 Å². The molecule has 1 amide bonds. The van der Waals surface area contributed by atoms with Crippen molar-refractivity contribution in [2.45, 2.75) is 5.60 Å². The Bertz CT molecular complexity index is 911. The zero-order valence-electron chi connectivity index (χ0n) is 14.2. The van der Waals surface area contributed by atoms with Crippen LogP contribution < -0.4 is 9.64 Å². The van der Waals surface area contributed by atoms with Gasteiger partial charge in [-0.1, -0.05) is 66.7 Å². The Kier molecular flexibility index (Phi) is 4.19. The molecule has 0 spiro atoms. The predicted octanol–water partition coefficient (Wildman–Crippen LogP) is 3.35. The van der Waals surface area contributed by atoms with Gasteiger partial charge in [-0.25, -0.2) is 0 Å². The molecule has 4 nitrogen and oxygen atoms in total. The van der Waals surface area contributed by atoms with Gasteiger partial charge < -0.3 is 14.7 Å². The lowest BCUT2D eigenvalue weighted by Gasteiger charge is -2.23. The van der Waals surface area contributed by atoms with E-state index in [9.17, 15) is 9.90 Å². The molecule has 0 aliphatic carbocycles. The van der Waals surface area contributed by atoms with E-state index in [2.05, 4.69) is 0 Å². The number of carbonyl (C=O) groups is 1. The molecule has 3 aromatic rings. The minimum absolute atomic E-state index is 0.342. The van der Waals surface area contributed by atoms with Gasteiger partial charge in [-0.2, -0.15) is 0 Å². The molecular formula is C22H19NO3. The SMILES string of the molecule is O=C1N(CCOc2ccccc2)c2ccccc2C1(O)c1ccccc1. The highest BCUT2D eigenvalue weighted by Gasteiger charge is 2.50. The fourth-order valence-electron chi connectivity index (χ4n) is 3.39. The first kappa shape index (κ1) is 16.4. The Morgan fingerprint density at radius 2 is 1.46 bits per heavy atom. The van der Waals surface area contributed by atoms with Gasteiger partial charge in [-0.05, 0) is 23.8 Å². The van der Waals surface area contributed by atoms with Crippen molar-refractivity contribution in [2.75, 3.05) is 18.1 Å². The first-order valence-corrected chi connectivity index (χ1v) is 8.58. The monoisotopic (exact) mass is 345 g/mol. The number of para-hydroxylation sites is 2. The van der Waals surface area contributed by atoms with Gasteiger partial charge in [0.25, 0.3) is 5.91 Å². The van der Waals surface area contributed by atoms with Gasteiger partial charge in [-0.15, -0.1) is 0 Å². The number of hydrogen-bond donors (Lipinski definition) is 1. The number of nitrogens with zero attached hydrogens (tertiary/aromatic N) is 1. The normalized spacial score (nSPS) is 18.7. The molecular weight excluding hydrogens is 326 g/mol. The van der Waals surface area contributed by atoms with E-state index in [1.807, 2.05) is 66.7 Å². The van der Waals surface area contributed by atoms with Gasteiger partial charge in [0, 0.05) is 5.56 Å². The van der Waals surface area contributed by atoms with E-state index < -0.39 is 5.60 Å². The van der Waals surface area contributed by atoms with E-state index in [-0.39, 0.29) is 5.91 Å². The fourth-order valence-corrected chi connectivity index (χ4v) is 3.39. The number of benzene rings is 3. The molecule has 4 heteroatoms. The molecule has 1 aliphatic rings. The molecule has 130 valence electrons. The van der Waals surface area contributed by atoms with Crippen LogP contribution in [0.2, 0.25) is 0 Å². The van der Waals surface area contributed by atoms with Gasteiger partial charge in [0.15, 0.2) is 5.60 Å². The number of amides is 1. The maximum absolute atomic E-state index is 13.1. The van der Waals surface area contributed by atoms with Gasteiger partial charge >= 0.3 is 0 Å². The molecule has 1 unspecified atom stereocenters. The Morgan fingerprint density at radius 3 is 2.19 bits per heavy atom. The molecule has 0 bridgehead atoms. The van der Waals surface area contributed by atoms with E-state index in [4.69, 9.17) is 4.74 Å². The van der Waals surface area contributed by atoms with Crippen LogP contribution in [0.5, 0.6) is 5.75 Å². The molecule has 0 radical (unpaired) electrons. The van der Waals surface area contributed by atoms with E-state index in [0.29, 0.717) is 24.3 Å². The highest BCUT2D eigenvalue weighted by molar-refractivity contribution is 6.09. The summed E-state index contributed by atoms with van der Waals surface area (Å²) in [5.41, 5.74) is 0.241. The van der Waals surface area contributed by atoms with E-state index in [1.165, 1.54) is 0 Å². The first-order valence-electron chi connectivity index (χ1n) is 8.58. The van der Waals surface area contributed by atoms with Crippen molar-refractivity contribution >= 4 is 11.6 Å². The van der Waals surface area contributed by atoms with Crippen molar-refractivity contribution in [1.82, 2.24) is 0 Å². The minimum Gasteiger partial charge on any atom is -0.492 e. The van der Waals surface area contributed by atoms with Crippen LogP contribution in [-0.2, 0) is 10.4 Å². The number of hydrogen-bond acceptors (Lipinski definition) is 3. The number of anilines is 1. The summed E-state index contributed by atoms with van der Waals surface area (Å²) < 4.78 is 5.73. The average molecular weight is 345 g/mol. The molecule has 0 saturated carbocycles. The van der Waals surface area contributed by atoms with Crippen molar-refractivity contribution in [2.24, 2.45) is 0 Å². The largest absolute Gasteiger partial charge is 0.492 e. The maximum atomic E-state index is 13.1. The Labute approximate surface area is 152 Å². The Hall–Kier alpha value is -3.11. The van der Waals surface area contributed by atoms with Crippen LogP contribution in [0, 0.1) is 0 Å². The molecule has 1 atom stereocenters. The van der Waals surface area contributed by atoms with Crippen LogP contribution in [0.25, 0.3) is 0 Å². The number of aliphatic hydroxyl groups is 1. The summed E-state index contributed by atoms with van der Waals surface area (Å²) in [5, 5.41) is 11.3. The topological polar surface area (TPSA) is 49.8 Å². The maximum Gasteiger partial charge on any atom is 0.268 e. The first-order chi connectivity index (χ1) is 12.7.